The van der Waals surface area contributed by atoms with Crippen LogP contribution in [0.1, 0.15) is 40.3 Å². The first-order chi connectivity index (χ1) is 13.6. The Kier molecular flexibility index (Phi) is 5.84. The maximum absolute atomic E-state index is 12.6. The first kappa shape index (κ1) is 19.3. The van der Waals surface area contributed by atoms with Crippen molar-refractivity contribution in [3.05, 3.63) is 65.4 Å². The van der Waals surface area contributed by atoms with E-state index in [1.54, 1.807) is 36.7 Å². The summed E-state index contributed by atoms with van der Waals surface area (Å²) in [4.78, 5) is 37.1. The molecule has 0 fully saturated rings. The maximum atomic E-state index is 12.6. The summed E-state index contributed by atoms with van der Waals surface area (Å²) in [5, 5.41) is 4.64. The van der Waals surface area contributed by atoms with E-state index in [-0.39, 0.29) is 29.9 Å². The molecule has 0 aliphatic rings. The van der Waals surface area contributed by atoms with Gasteiger partial charge in [0.2, 0.25) is 0 Å². The molecule has 0 amide bonds. The third kappa shape index (κ3) is 3.78. The quantitative estimate of drug-likeness (QED) is 0.356. The topological polar surface area (TPSA) is 87.5 Å². The van der Waals surface area contributed by atoms with Gasteiger partial charge in [-0.2, -0.15) is 5.10 Å². The maximum Gasteiger partial charge on any atom is 0.381 e. The number of hydrogen-bond acceptors (Lipinski definition) is 6. The lowest BCUT2D eigenvalue weighted by Gasteiger charge is -2.06. The molecule has 7 heteroatoms. The minimum Gasteiger partial charge on any atom is -0.462 e. The summed E-state index contributed by atoms with van der Waals surface area (Å²) in [5.41, 5.74) is 1.59. The van der Waals surface area contributed by atoms with Crippen LogP contribution in [-0.2, 0) is 20.8 Å². The van der Waals surface area contributed by atoms with Gasteiger partial charge in [0.25, 0.3) is 5.78 Å². The average molecular weight is 380 g/mol. The van der Waals surface area contributed by atoms with Gasteiger partial charge in [-0.1, -0.05) is 36.4 Å². The Hall–Kier alpha value is -3.48. The highest BCUT2D eigenvalue weighted by molar-refractivity contribution is 6.42. The smallest absolute Gasteiger partial charge is 0.381 e. The fourth-order valence-corrected chi connectivity index (χ4v) is 2.94. The van der Waals surface area contributed by atoms with Crippen LogP contribution in [0.15, 0.2) is 48.5 Å². The van der Waals surface area contributed by atoms with E-state index >= 15 is 0 Å². The van der Waals surface area contributed by atoms with Gasteiger partial charge in [0, 0.05) is 5.39 Å². The van der Waals surface area contributed by atoms with Crippen molar-refractivity contribution >= 4 is 28.6 Å². The molecule has 0 unspecified atom stereocenters. The molecule has 7 nitrogen and oxygen atoms in total. The van der Waals surface area contributed by atoms with Gasteiger partial charge in [0.15, 0.2) is 0 Å². The molecule has 0 aliphatic heterocycles. The van der Waals surface area contributed by atoms with Gasteiger partial charge in [-0.05, 0) is 31.5 Å². The summed E-state index contributed by atoms with van der Waals surface area (Å²) in [6, 6.07) is 14.5. The predicted octanol–water partition coefficient (Wildman–Crippen LogP) is 3.01. The van der Waals surface area contributed by atoms with E-state index in [4.69, 9.17) is 9.47 Å². The number of nitrogens with zero attached hydrogens (tertiary/aromatic N) is 2. The Bertz CT molecular complexity index is 1020. The van der Waals surface area contributed by atoms with E-state index in [1.165, 1.54) is 0 Å². The van der Waals surface area contributed by atoms with Crippen molar-refractivity contribution in [3.8, 4) is 0 Å². The number of carbonyl (C=O) groups is 3. The highest BCUT2D eigenvalue weighted by Gasteiger charge is 2.28. The zero-order valence-electron chi connectivity index (χ0n) is 15.7. The van der Waals surface area contributed by atoms with Crippen molar-refractivity contribution < 1.29 is 23.9 Å². The molecule has 28 heavy (non-hydrogen) atoms. The molecule has 2 aromatic carbocycles. The van der Waals surface area contributed by atoms with Crippen LogP contribution < -0.4 is 0 Å². The van der Waals surface area contributed by atoms with E-state index in [1.807, 2.05) is 30.3 Å². The molecule has 0 bridgehead atoms. The molecule has 0 aliphatic carbocycles. The summed E-state index contributed by atoms with van der Waals surface area (Å²) in [5.74, 6) is -2.48. The molecular formula is C21H20N2O5. The molecule has 3 rings (SSSR count). The van der Waals surface area contributed by atoms with Crippen molar-refractivity contribution in [1.29, 1.82) is 0 Å². The minimum atomic E-state index is -1.01. The van der Waals surface area contributed by atoms with Gasteiger partial charge < -0.3 is 9.47 Å². The molecule has 0 N–H and O–H groups in total. The molecule has 1 heterocycles. The van der Waals surface area contributed by atoms with E-state index in [0.717, 1.165) is 5.56 Å². The molecule has 0 spiro atoms. The summed E-state index contributed by atoms with van der Waals surface area (Å²) >= 11 is 0. The Labute approximate surface area is 161 Å². The number of esters is 2. The number of Topliss-reactive ketones (excluding diaryl/α,β-unsaturated/α-hetero) is 1. The van der Waals surface area contributed by atoms with Gasteiger partial charge in [-0.25, -0.2) is 9.59 Å². The Balaban J connectivity index is 2.17. The van der Waals surface area contributed by atoms with Crippen LogP contribution in [0, 0.1) is 0 Å². The van der Waals surface area contributed by atoms with E-state index in [9.17, 15) is 14.4 Å². The van der Waals surface area contributed by atoms with Crippen LogP contribution in [0.4, 0.5) is 0 Å². The summed E-state index contributed by atoms with van der Waals surface area (Å²) in [6.45, 7) is 3.94. The van der Waals surface area contributed by atoms with Gasteiger partial charge in [-0.15, -0.1) is 0 Å². The highest BCUT2D eigenvalue weighted by Crippen LogP contribution is 2.25. The Morgan fingerprint density at radius 3 is 2.32 bits per heavy atom. The molecule has 1 aromatic heterocycles. The summed E-state index contributed by atoms with van der Waals surface area (Å²) in [7, 11) is 0. The van der Waals surface area contributed by atoms with Crippen LogP contribution >= 0.6 is 0 Å². The fraction of sp³-hybridized carbons (Fsp3) is 0.238. The Morgan fingerprint density at radius 2 is 1.64 bits per heavy atom. The average Bonchev–Trinajstić information content (AvgIpc) is 3.07. The monoisotopic (exact) mass is 380 g/mol. The summed E-state index contributed by atoms with van der Waals surface area (Å²) < 4.78 is 11.5. The largest absolute Gasteiger partial charge is 0.462 e. The number of ether oxygens (including phenoxy) is 2. The van der Waals surface area contributed by atoms with Crippen molar-refractivity contribution in [2.75, 3.05) is 13.2 Å². The van der Waals surface area contributed by atoms with E-state index in [0.29, 0.717) is 12.1 Å². The molecular weight excluding hydrogens is 360 g/mol. The van der Waals surface area contributed by atoms with Gasteiger partial charge in [0.1, 0.15) is 5.69 Å². The number of benzene rings is 2. The number of hydrogen-bond donors (Lipinski definition) is 0. The second kappa shape index (κ2) is 8.47. The van der Waals surface area contributed by atoms with E-state index in [2.05, 4.69) is 5.10 Å². The van der Waals surface area contributed by atoms with Gasteiger partial charge >= 0.3 is 11.9 Å². The van der Waals surface area contributed by atoms with Gasteiger partial charge in [0.05, 0.1) is 30.8 Å². The molecule has 144 valence electrons. The zero-order valence-corrected chi connectivity index (χ0v) is 15.7. The lowest BCUT2D eigenvalue weighted by atomic mass is 10.1. The number of fused-ring (bicyclic) bond motifs is 1. The van der Waals surface area contributed by atoms with Crippen molar-refractivity contribution in [3.63, 3.8) is 0 Å². The standard InChI is InChI=1S/C21H20N2O5/c1-3-27-20(25)15-11-8-12-16-17(15)18(19(24)21(26)28-4-2)22-23(16)13-14-9-6-5-7-10-14/h5-12H,3-4,13H2,1-2H3. The highest BCUT2D eigenvalue weighted by atomic mass is 16.5. The third-order valence-corrected chi connectivity index (χ3v) is 4.12. The van der Waals surface area contributed by atoms with Crippen LogP contribution in [0.2, 0.25) is 0 Å². The Morgan fingerprint density at radius 1 is 0.929 bits per heavy atom. The second-order valence-corrected chi connectivity index (χ2v) is 5.96. The SMILES string of the molecule is CCOC(=O)C(=O)c1nn(Cc2ccccc2)c2cccc(C(=O)OCC)c12. The molecule has 0 atom stereocenters. The number of aromatic nitrogens is 2. The molecule has 0 saturated carbocycles. The van der Waals surface area contributed by atoms with Crippen LogP contribution in [0.5, 0.6) is 0 Å². The fourth-order valence-electron chi connectivity index (χ4n) is 2.94. The van der Waals surface area contributed by atoms with Gasteiger partial charge in [-0.3, -0.25) is 9.48 Å². The summed E-state index contributed by atoms with van der Waals surface area (Å²) in [6.07, 6.45) is 0. The second-order valence-electron chi connectivity index (χ2n) is 5.96. The predicted molar refractivity (Wildman–Crippen MR) is 102 cm³/mol. The van der Waals surface area contributed by atoms with Crippen LogP contribution in [0.3, 0.4) is 0 Å². The van der Waals surface area contributed by atoms with E-state index < -0.39 is 17.7 Å². The minimum absolute atomic E-state index is 0.0674. The van der Waals surface area contributed by atoms with Crippen LogP contribution in [0.25, 0.3) is 10.9 Å². The first-order valence-electron chi connectivity index (χ1n) is 8.98. The van der Waals surface area contributed by atoms with Crippen molar-refractivity contribution in [2.45, 2.75) is 20.4 Å². The molecule has 3 aromatic rings. The van der Waals surface area contributed by atoms with Crippen molar-refractivity contribution in [2.24, 2.45) is 0 Å². The van der Waals surface area contributed by atoms with Crippen molar-refractivity contribution in [1.82, 2.24) is 9.78 Å². The lowest BCUT2D eigenvalue weighted by molar-refractivity contribution is -0.137. The third-order valence-electron chi connectivity index (χ3n) is 4.12. The normalized spacial score (nSPS) is 10.6. The number of ketones is 1. The van der Waals surface area contributed by atoms with Crippen LogP contribution in [-0.4, -0.2) is 40.7 Å². The number of carbonyl (C=O) groups excluding carboxylic acids is 3. The molecule has 0 saturated heterocycles. The first-order valence-corrected chi connectivity index (χ1v) is 8.98. The molecule has 0 radical (unpaired) electrons. The lowest BCUT2D eigenvalue weighted by Crippen LogP contribution is -2.19. The number of rotatable bonds is 7. The zero-order chi connectivity index (χ0) is 20.1.